The number of aromatic carboxylic acids is 1. The van der Waals surface area contributed by atoms with Crippen molar-refractivity contribution in [1.29, 1.82) is 0 Å². The molecule has 20 heavy (non-hydrogen) atoms. The minimum absolute atomic E-state index is 0.0460. The minimum atomic E-state index is -0.968. The van der Waals surface area contributed by atoms with Gasteiger partial charge < -0.3 is 10.0 Å². The number of hydrogen-bond donors (Lipinski definition) is 1. The lowest BCUT2D eigenvalue weighted by atomic mass is 10.2. The molecule has 0 aromatic carbocycles. The number of aryl methyl sites for hydroxylation is 1. The normalized spacial score (nSPS) is 11.2. The van der Waals surface area contributed by atoms with Crippen molar-refractivity contribution < 1.29 is 14.7 Å². The lowest BCUT2D eigenvalue weighted by Crippen LogP contribution is -2.43. The third-order valence-electron chi connectivity index (χ3n) is 2.69. The predicted molar refractivity (Wildman–Crippen MR) is 81.7 cm³/mol. The molecule has 1 heterocycles. The van der Waals surface area contributed by atoms with Gasteiger partial charge in [-0.2, -0.15) is 0 Å². The van der Waals surface area contributed by atoms with E-state index >= 15 is 0 Å². The fourth-order valence-corrected chi connectivity index (χ4v) is 3.90. The molecule has 0 fully saturated rings. The number of amides is 1. The first-order valence-corrected chi connectivity index (χ1v) is 8.19. The molecule has 5 nitrogen and oxygen atoms in total. The van der Waals surface area contributed by atoms with Crippen molar-refractivity contribution in [2.45, 2.75) is 51.0 Å². The number of rotatable bonds is 6. The molecule has 0 spiro atoms. The summed E-state index contributed by atoms with van der Waals surface area (Å²) in [5.41, 5.74) is 0.502. The van der Waals surface area contributed by atoms with Gasteiger partial charge >= 0.3 is 5.97 Å². The monoisotopic (exact) mass is 316 g/mol. The van der Waals surface area contributed by atoms with E-state index in [4.69, 9.17) is 5.11 Å². The van der Waals surface area contributed by atoms with Gasteiger partial charge in [0.05, 0.1) is 11.4 Å². The largest absolute Gasteiger partial charge is 0.477 e. The molecule has 0 atom stereocenters. The van der Waals surface area contributed by atoms with E-state index in [-0.39, 0.29) is 28.6 Å². The molecule has 0 radical (unpaired) electrons. The van der Waals surface area contributed by atoms with Crippen LogP contribution in [0.1, 0.15) is 43.1 Å². The number of carboxylic acids is 1. The fraction of sp³-hybridized carbons (Fsp3) is 0.615. The summed E-state index contributed by atoms with van der Waals surface area (Å²) < 4.78 is 0.626. The van der Waals surface area contributed by atoms with Crippen LogP contribution in [0, 0.1) is 6.92 Å². The van der Waals surface area contributed by atoms with Gasteiger partial charge in [0, 0.05) is 12.1 Å². The van der Waals surface area contributed by atoms with Crippen LogP contribution in [-0.4, -0.2) is 44.7 Å². The van der Waals surface area contributed by atoms with Crippen LogP contribution < -0.4 is 0 Å². The summed E-state index contributed by atoms with van der Waals surface area (Å²) in [6, 6.07) is 0.298. The smallest absolute Gasteiger partial charge is 0.347 e. The molecule has 0 aliphatic heterocycles. The van der Waals surface area contributed by atoms with Crippen molar-refractivity contribution >= 4 is 35.0 Å². The van der Waals surface area contributed by atoms with E-state index in [2.05, 4.69) is 4.98 Å². The SMILES string of the molecule is Cc1nc(SCC(=O)N(C(C)C)C(C)C)sc1C(=O)O. The van der Waals surface area contributed by atoms with Crippen molar-refractivity contribution in [2.75, 3.05) is 5.75 Å². The molecule has 0 bridgehead atoms. The van der Waals surface area contributed by atoms with E-state index in [0.29, 0.717) is 10.0 Å². The maximum Gasteiger partial charge on any atom is 0.347 e. The zero-order valence-corrected chi connectivity index (χ0v) is 14.0. The number of aromatic nitrogens is 1. The van der Waals surface area contributed by atoms with E-state index < -0.39 is 5.97 Å². The number of hydrogen-bond acceptors (Lipinski definition) is 5. The summed E-state index contributed by atoms with van der Waals surface area (Å²) in [7, 11) is 0. The van der Waals surface area contributed by atoms with Crippen LogP contribution >= 0.6 is 23.1 Å². The van der Waals surface area contributed by atoms with Gasteiger partial charge in [-0.05, 0) is 34.6 Å². The second-order valence-electron chi connectivity index (χ2n) is 4.98. The van der Waals surface area contributed by atoms with Gasteiger partial charge in [0.25, 0.3) is 0 Å². The third-order valence-corrected chi connectivity index (χ3v) is 4.96. The summed E-state index contributed by atoms with van der Waals surface area (Å²) in [4.78, 5) is 29.4. The van der Waals surface area contributed by atoms with E-state index in [9.17, 15) is 9.59 Å². The van der Waals surface area contributed by atoms with Crippen molar-refractivity contribution in [2.24, 2.45) is 0 Å². The van der Waals surface area contributed by atoms with Gasteiger partial charge in [-0.1, -0.05) is 11.8 Å². The molecule has 1 amide bonds. The molecule has 0 aliphatic rings. The Hall–Kier alpha value is -1.08. The van der Waals surface area contributed by atoms with Crippen molar-refractivity contribution in [3.05, 3.63) is 10.6 Å². The molecule has 7 heteroatoms. The average Bonchev–Trinajstić information content (AvgIpc) is 2.67. The van der Waals surface area contributed by atoms with Gasteiger partial charge in [-0.15, -0.1) is 11.3 Å². The zero-order valence-electron chi connectivity index (χ0n) is 12.3. The van der Waals surface area contributed by atoms with Crippen molar-refractivity contribution in [3.63, 3.8) is 0 Å². The van der Waals surface area contributed by atoms with Crippen LogP contribution in [-0.2, 0) is 4.79 Å². The first-order valence-electron chi connectivity index (χ1n) is 6.38. The number of thiazole rings is 1. The standard InChI is InChI=1S/C13H20N2O3S2/c1-7(2)15(8(3)4)10(16)6-19-13-14-9(5)11(20-13)12(17)18/h7-8H,6H2,1-5H3,(H,17,18). The molecule has 112 valence electrons. The molecule has 0 saturated carbocycles. The second-order valence-corrected chi connectivity index (χ2v) is 7.20. The quantitative estimate of drug-likeness (QED) is 0.817. The number of carbonyl (C=O) groups is 2. The summed E-state index contributed by atoms with van der Waals surface area (Å²) in [6.45, 7) is 9.61. The van der Waals surface area contributed by atoms with Crippen molar-refractivity contribution in [1.82, 2.24) is 9.88 Å². The molecule has 0 unspecified atom stereocenters. The Kier molecular flexibility index (Phi) is 6.01. The first-order chi connectivity index (χ1) is 9.23. The van der Waals surface area contributed by atoms with Crippen LogP contribution in [0.4, 0.5) is 0 Å². The number of carboxylic acid groups (broad SMARTS) is 1. The first kappa shape index (κ1) is 17.0. The molecule has 0 saturated heterocycles. The molecule has 0 aliphatic carbocycles. The maximum absolute atomic E-state index is 12.2. The molecule has 1 aromatic heterocycles. The van der Waals surface area contributed by atoms with Crippen LogP contribution in [0.5, 0.6) is 0 Å². The van der Waals surface area contributed by atoms with Crippen LogP contribution in [0.3, 0.4) is 0 Å². The summed E-state index contributed by atoms with van der Waals surface area (Å²) >= 11 is 2.42. The van der Waals surface area contributed by atoms with E-state index in [1.54, 1.807) is 6.92 Å². The Morgan fingerprint density at radius 1 is 1.30 bits per heavy atom. The average molecular weight is 316 g/mol. The zero-order chi connectivity index (χ0) is 15.4. The van der Waals surface area contributed by atoms with Crippen molar-refractivity contribution in [3.8, 4) is 0 Å². The molecule has 1 aromatic rings. The Labute approximate surface area is 127 Å². The van der Waals surface area contributed by atoms with E-state index in [1.807, 2.05) is 32.6 Å². The molecular weight excluding hydrogens is 296 g/mol. The summed E-state index contributed by atoms with van der Waals surface area (Å²) in [6.07, 6.45) is 0. The highest BCUT2D eigenvalue weighted by Crippen LogP contribution is 2.27. The van der Waals surface area contributed by atoms with Crippen LogP contribution in [0.2, 0.25) is 0 Å². The Bertz CT molecular complexity index is 490. The topological polar surface area (TPSA) is 70.5 Å². The second kappa shape index (κ2) is 7.08. The molecule has 1 rings (SSSR count). The predicted octanol–water partition coefficient (Wildman–Crippen LogP) is 2.89. The number of thioether (sulfide) groups is 1. The van der Waals surface area contributed by atoms with Crippen LogP contribution in [0.15, 0.2) is 4.34 Å². The van der Waals surface area contributed by atoms with Gasteiger partial charge in [-0.3, -0.25) is 4.79 Å². The molecular formula is C13H20N2O3S2. The Morgan fingerprint density at radius 2 is 1.85 bits per heavy atom. The van der Waals surface area contributed by atoms with E-state index in [0.717, 1.165) is 11.3 Å². The van der Waals surface area contributed by atoms with Gasteiger partial charge in [0.2, 0.25) is 5.91 Å². The lowest BCUT2D eigenvalue weighted by molar-refractivity contribution is -0.131. The maximum atomic E-state index is 12.2. The fourth-order valence-electron chi connectivity index (χ4n) is 2.00. The third kappa shape index (κ3) is 4.21. The Morgan fingerprint density at radius 3 is 2.25 bits per heavy atom. The number of nitrogens with zero attached hydrogens (tertiary/aromatic N) is 2. The van der Waals surface area contributed by atoms with E-state index in [1.165, 1.54) is 11.8 Å². The van der Waals surface area contributed by atoms with Crippen LogP contribution in [0.25, 0.3) is 0 Å². The minimum Gasteiger partial charge on any atom is -0.477 e. The highest BCUT2D eigenvalue weighted by atomic mass is 32.2. The van der Waals surface area contributed by atoms with Gasteiger partial charge in [0.1, 0.15) is 4.88 Å². The summed E-state index contributed by atoms with van der Waals surface area (Å²) in [5.74, 6) is -0.642. The highest BCUT2D eigenvalue weighted by molar-refractivity contribution is 8.01. The summed E-state index contributed by atoms with van der Waals surface area (Å²) in [5, 5.41) is 8.98. The number of carbonyl (C=O) groups excluding carboxylic acids is 1. The molecule has 1 N–H and O–H groups in total. The highest BCUT2D eigenvalue weighted by Gasteiger charge is 2.21. The van der Waals surface area contributed by atoms with Gasteiger partial charge in [-0.25, -0.2) is 9.78 Å². The lowest BCUT2D eigenvalue weighted by Gasteiger charge is -2.30. The Balaban J connectivity index is 2.69. The van der Waals surface area contributed by atoms with Gasteiger partial charge in [0.15, 0.2) is 4.34 Å².